The van der Waals surface area contributed by atoms with Gasteiger partial charge in [-0.05, 0) is 19.1 Å². The summed E-state index contributed by atoms with van der Waals surface area (Å²) in [7, 11) is 0. The lowest BCUT2D eigenvalue weighted by Gasteiger charge is -2.03. The van der Waals surface area contributed by atoms with Gasteiger partial charge in [-0.15, -0.1) is 0 Å². The Morgan fingerprint density at radius 2 is 2.31 bits per heavy atom. The highest BCUT2D eigenvalue weighted by Crippen LogP contribution is 2.10. The van der Waals surface area contributed by atoms with Crippen LogP contribution in [0.15, 0.2) is 23.3 Å². The van der Waals surface area contributed by atoms with E-state index in [1.165, 1.54) is 18.3 Å². The van der Waals surface area contributed by atoms with Gasteiger partial charge < -0.3 is 10.4 Å². The molecule has 1 aromatic rings. The fraction of sp³-hybridized carbons (Fsp3) is 0.200. The average molecular weight is 219 g/mol. The van der Waals surface area contributed by atoms with Crippen LogP contribution in [0.2, 0.25) is 0 Å². The molecule has 82 valence electrons. The summed E-state index contributed by atoms with van der Waals surface area (Å²) >= 11 is 0. The summed E-state index contributed by atoms with van der Waals surface area (Å²) in [4.78, 5) is 30.1. The molecule has 0 aromatic carbocycles. The molecule has 6 heteroatoms. The zero-order valence-corrected chi connectivity index (χ0v) is 8.47. The van der Waals surface area contributed by atoms with Crippen molar-refractivity contribution in [2.45, 2.75) is 13.0 Å². The van der Waals surface area contributed by atoms with Crippen molar-refractivity contribution in [2.24, 2.45) is 4.99 Å². The number of hydrogen-bond acceptors (Lipinski definition) is 4. The summed E-state index contributed by atoms with van der Waals surface area (Å²) in [5.74, 6) is -1.13. The zero-order valence-electron chi connectivity index (χ0n) is 8.47. The number of carboxylic acid groups (broad SMARTS) is 1. The molecule has 0 spiro atoms. The van der Waals surface area contributed by atoms with E-state index in [4.69, 9.17) is 5.11 Å². The molecule has 0 aliphatic carbocycles. The van der Waals surface area contributed by atoms with Gasteiger partial charge in [0.2, 0.25) is 5.91 Å². The van der Waals surface area contributed by atoms with Gasteiger partial charge in [-0.25, -0.2) is 4.79 Å². The number of aromatic nitrogens is 1. The Kier molecular flexibility index (Phi) is 2.40. The molecule has 6 nitrogen and oxygen atoms in total. The minimum atomic E-state index is -1.10. The van der Waals surface area contributed by atoms with Gasteiger partial charge in [0.15, 0.2) is 5.84 Å². The Bertz CT molecular complexity index is 496. The van der Waals surface area contributed by atoms with Crippen LogP contribution in [0.25, 0.3) is 0 Å². The molecule has 2 heterocycles. The summed E-state index contributed by atoms with van der Waals surface area (Å²) in [5, 5.41) is 11.5. The highest BCUT2D eigenvalue weighted by molar-refractivity contribution is 6.15. The van der Waals surface area contributed by atoms with Gasteiger partial charge in [0.1, 0.15) is 11.7 Å². The van der Waals surface area contributed by atoms with Crippen LogP contribution in [0.4, 0.5) is 0 Å². The first-order valence-electron chi connectivity index (χ1n) is 4.67. The van der Waals surface area contributed by atoms with E-state index in [-0.39, 0.29) is 23.0 Å². The van der Waals surface area contributed by atoms with Crippen LogP contribution >= 0.6 is 0 Å². The van der Waals surface area contributed by atoms with Gasteiger partial charge in [0, 0.05) is 6.20 Å². The molecule has 0 saturated carbocycles. The third-order valence-electron chi connectivity index (χ3n) is 2.21. The molecule has 0 fully saturated rings. The van der Waals surface area contributed by atoms with Crippen LogP contribution in [-0.2, 0) is 4.79 Å². The number of carbonyl (C=O) groups is 2. The molecule has 2 N–H and O–H groups in total. The topological polar surface area (TPSA) is 91.7 Å². The number of rotatable bonds is 2. The number of aromatic carboxylic acids is 1. The SMILES string of the molecule is CC1N=C(c2ncccc2C(=O)O)NC1=O. The standard InChI is InChI=1S/C10H9N3O3/c1-5-9(14)13-8(12-5)7-6(10(15)16)3-2-4-11-7/h2-5H,1H3,(H,15,16)(H,12,13,14). The lowest BCUT2D eigenvalue weighted by Crippen LogP contribution is -2.29. The van der Waals surface area contributed by atoms with Gasteiger partial charge in [-0.3, -0.25) is 14.8 Å². The summed E-state index contributed by atoms with van der Waals surface area (Å²) < 4.78 is 0. The Hall–Kier alpha value is -2.24. The minimum absolute atomic E-state index is 0.0238. The second-order valence-corrected chi connectivity index (χ2v) is 3.35. The molecule has 2 rings (SSSR count). The number of pyridine rings is 1. The highest BCUT2D eigenvalue weighted by Gasteiger charge is 2.26. The Labute approximate surface area is 91.0 Å². The van der Waals surface area contributed by atoms with Crippen LogP contribution in [0, 0.1) is 0 Å². The van der Waals surface area contributed by atoms with Crippen molar-refractivity contribution in [3.63, 3.8) is 0 Å². The van der Waals surface area contributed by atoms with E-state index < -0.39 is 12.0 Å². The number of carbonyl (C=O) groups excluding carboxylic acids is 1. The average Bonchev–Trinajstić information content (AvgIpc) is 2.59. The van der Waals surface area contributed by atoms with Gasteiger partial charge in [0.05, 0.1) is 5.56 Å². The molecule has 0 radical (unpaired) electrons. The normalized spacial score (nSPS) is 19.2. The summed E-state index contributed by atoms with van der Waals surface area (Å²) in [6.07, 6.45) is 1.46. The van der Waals surface area contributed by atoms with Crippen molar-refractivity contribution in [1.29, 1.82) is 0 Å². The first-order valence-corrected chi connectivity index (χ1v) is 4.67. The lowest BCUT2D eigenvalue weighted by molar-refractivity contribution is -0.119. The highest BCUT2D eigenvalue weighted by atomic mass is 16.4. The first-order chi connectivity index (χ1) is 7.59. The monoisotopic (exact) mass is 219 g/mol. The van der Waals surface area contributed by atoms with Crippen LogP contribution in [0.1, 0.15) is 23.0 Å². The van der Waals surface area contributed by atoms with Crippen LogP contribution in [0.3, 0.4) is 0 Å². The maximum absolute atomic E-state index is 11.2. The maximum Gasteiger partial charge on any atom is 0.338 e. The number of amidine groups is 1. The van der Waals surface area contributed by atoms with Crippen LogP contribution in [0.5, 0.6) is 0 Å². The summed E-state index contributed by atoms with van der Waals surface area (Å²) in [6, 6.07) is 2.44. The Balaban J connectivity index is 2.46. The number of nitrogens with one attached hydrogen (secondary N) is 1. The summed E-state index contributed by atoms with van der Waals surface area (Å²) in [5.41, 5.74) is 0.211. The molecule has 1 aromatic heterocycles. The van der Waals surface area contributed by atoms with Crippen molar-refractivity contribution in [2.75, 3.05) is 0 Å². The van der Waals surface area contributed by atoms with E-state index in [1.807, 2.05) is 0 Å². The molecular weight excluding hydrogens is 210 g/mol. The van der Waals surface area contributed by atoms with E-state index in [0.29, 0.717) is 0 Å². The molecule has 16 heavy (non-hydrogen) atoms. The predicted molar refractivity (Wildman–Crippen MR) is 55.3 cm³/mol. The minimum Gasteiger partial charge on any atom is -0.478 e. The van der Waals surface area contributed by atoms with E-state index in [0.717, 1.165) is 0 Å². The van der Waals surface area contributed by atoms with E-state index >= 15 is 0 Å². The number of nitrogens with zero attached hydrogens (tertiary/aromatic N) is 2. The van der Waals surface area contributed by atoms with Gasteiger partial charge in [-0.1, -0.05) is 0 Å². The predicted octanol–water partition coefficient (Wildman–Crippen LogP) is 0.0447. The van der Waals surface area contributed by atoms with E-state index in [2.05, 4.69) is 15.3 Å². The third kappa shape index (κ3) is 1.65. The smallest absolute Gasteiger partial charge is 0.338 e. The number of amides is 1. The zero-order chi connectivity index (χ0) is 11.7. The fourth-order valence-electron chi connectivity index (χ4n) is 1.39. The van der Waals surface area contributed by atoms with Crippen LogP contribution in [-0.4, -0.2) is 33.8 Å². The van der Waals surface area contributed by atoms with E-state index in [1.54, 1.807) is 6.92 Å². The van der Waals surface area contributed by atoms with E-state index in [9.17, 15) is 9.59 Å². The second kappa shape index (κ2) is 3.73. The quantitative estimate of drug-likeness (QED) is 0.734. The number of hydrogen-bond donors (Lipinski definition) is 2. The van der Waals surface area contributed by atoms with Crippen LogP contribution < -0.4 is 5.32 Å². The van der Waals surface area contributed by atoms with Crippen molar-refractivity contribution in [1.82, 2.24) is 10.3 Å². The molecular formula is C10H9N3O3. The Morgan fingerprint density at radius 3 is 2.88 bits per heavy atom. The van der Waals surface area contributed by atoms with Crippen molar-refractivity contribution in [3.8, 4) is 0 Å². The maximum atomic E-state index is 11.2. The van der Waals surface area contributed by atoms with Gasteiger partial charge in [-0.2, -0.15) is 0 Å². The van der Waals surface area contributed by atoms with Crippen molar-refractivity contribution < 1.29 is 14.7 Å². The summed E-state index contributed by atoms with van der Waals surface area (Å²) in [6.45, 7) is 1.63. The molecule has 0 bridgehead atoms. The fourth-order valence-corrected chi connectivity index (χ4v) is 1.39. The molecule has 1 aliphatic heterocycles. The lowest BCUT2D eigenvalue weighted by atomic mass is 10.2. The Morgan fingerprint density at radius 1 is 1.56 bits per heavy atom. The second-order valence-electron chi connectivity index (χ2n) is 3.35. The van der Waals surface area contributed by atoms with Crippen molar-refractivity contribution >= 4 is 17.7 Å². The molecule has 1 amide bonds. The largest absolute Gasteiger partial charge is 0.478 e. The molecule has 1 unspecified atom stereocenters. The van der Waals surface area contributed by atoms with Gasteiger partial charge >= 0.3 is 5.97 Å². The molecule has 1 atom stereocenters. The molecule has 0 saturated heterocycles. The molecule has 1 aliphatic rings. The first kappa shape index (κ1) is 10.3. The number of carboxylic acids is 1. The van der Waals surface area contributed by atoms with Crippen molar-refractivity contribution in [3.05, 3.63) is 29.6 Å². The number of aliphatic imine (C=N–C) groups is 1. The van der Waals surface area contributed by atoms with Gasteiger partial charge in [0.25, 0.3) is 0 Å². The third-order valence-corrected chi connectivity index (χ3v) is 2.21.